The Balaban J connectivity index is 1.30. The van der Waals surface area contributed by atoms with Crippen molar-refractivity contribution in [3.63, 3.8) is 0 Å². The Morgan fingerprint density at radius 1 is 1.18 bits per heavy atom. The standard InChI is InChI=1S/C26H26N2O4S/c1-31-23-5-3-2-4-21(23)27-25(29)24-15-19-14-20(6-7-22(19)32-24)26(30)9-11-28(12-10-26)16-18-8-13-33-17-18/h2-8,13-15,17,30H,9-12,16H2,1H3,(H,27,29). The van der Waals surface area contributed by atoms with E-state index in [9.17, 15) is 9.90 Å². The molecule has 1 saturated heterocycles. The van der Waals surface area contributed by atoms with Gasteiger partial charge < -0.3 is 19.6 Å². The fourth-order valence-corrected chi connectivity index (χ4v) is 5.05. The molecule has 33 heavy (non-hydrogen) atoms. The van der Waals surface area contributed by atoms with E-state index in [0.29, 0.717) is 29.9 Å². The van der Waals surface area contributed by atoms with E-state index in [1.807, 2.05) is 30.3 Å². The van der Waals surface area contributed by atoms with Crippen LogP contribution in [0.5, 0.6) is 5.75 Å². The fraction of sp³-hybridized carbons (Fsp3) is 0.269. The zero-order valence-electron chi connectivity index (χ0n) is 18.4. The molecule has 6 nitrogen and oxygen atoms in total. The first-order valence-electron chi connectivity index (χ1n) is 11.0. The summed E-state index contributed by atoms with van der Waals surface area (Å²) >= 11 is 1.71. The lowest BCUT2D eigenvalue weighted by Crippen LogP contribution is -2.42. The van der Waals surface area contributed by atoms with Crippen LogP contribution in [-0.2, 0) is 12.1 Å². The number of carbonyl (C=O) groups is 1. The number of ether oxygens (including phenoxy) is 1. The molecule has 5 rings (SSSR count). The third-order valence-corrected chi connectivity index (χ3v) is 7.03. The lowest BCUT2D eigenvalue weighted by molar-refractivity contribution is -0.0276. The van der Waals surface area contributed by atoms with Crippen molar-refractivity contribution in [2.45, 2.75) is 25.0 Å². The molecule has 1 amide bonds. The molecule has 4 aromatic rings. The minimum atomic E-state index is -0.879. The minimum Gasteiger partial charge on any atom is -0.495 e. The van der Waals surface area contributed by atoms with E-state index in [1.54, 1.807) is 36.6 Å². The van der Waals surface area contributed by atoms with Crippen LogP contribution in [0.25, 0.3) is 11.0 Å². The molecule has 1 fully saturated rings. The number of anilines is 1. The number of piperidine rings is 1. The van der Waals surface area contributed by atoms with Gasteiger partial charge in [0.05, 0.1) is 18.4 Å². The van der Waals surface area contributed by atoms with E-state index in [4.69, 9.17) is 9.15 Å². The molecule has 3 heterocycles. The van der Waals surface area contributed by atoms with Crippen LogP contribution >= 0.6 is 11.3 Å². The van der Waals surface area contributed by atoms with Gasteiger partial charge in [-0.05, 0) is 71.1 Å². The number of benzene rings is 2. The van der Waals surface area contributed by atoms with Gasteiger partial charge >= 0.3 is 0 Å². The fourth-order valence-electron chi connectivity index (χ4n) is 4.39. The minimum absolute atomic E-state index is 0.214. The van der Waals surface area contributed by atoms with Crippen molar-refractivity contribution >= 4 is 33.9 Å². The Kier molecular flexibility index (Phi) is 5.93. The van der Waals surface area contributed by atoms with E-state index < -0.39 is 5.60 Å². The SMILES string of the molecule is COc1ccccc1NC(=O)c1cc2cc(C3(O)CCN(Cc4ccsc4)CC3)ccc2o1. The Hall–Kier alpha value is -3.13. The number of thiophene rings is 1. The van der Waals surface area contributed by atoms with Crippen LogP contribution in [0.1, 0.15) is 34.5 Å². The van der Waals surface area contributed by atoms with Gasteiger partial charge in [0.15, 0.2) is 5.76 Å². The third kappa shape index (κ3) is 4.53. The summed E-state index contributed by atoms with van der Waals surface area (Å²) in [5, 5.41) is 19.3. The number of fused-ring (bicyclic) bond motifs is 1. The monoisotopic (exact) mass is 462 g/mol. The molecule has 1 aliphatic heterocycles. The highest BCUT2D eigenvalue weighted by Gasteiger charge is 2.34. The molecule has 0 unspecified atom stereocenters. The maximum Gasteiger partial charge on any atom is 0.291 e. The lowest BCUT2D eigenvalue weighted by Gasteiger charge is -2.38. The summed E-state index contributed by atoms with van der Waals surface area (Å²) in [6.07, 6.45) is 1.34. The number of hydrogen-bond acceptors (Lipinski definition) is 6. The molecular formula is C26H26N2O4S. The van der Waals surface area contributed by atoms with E-state index in [2.05, 4.69) is 27.0 Å². The third-order valence-electron chi connectivity index (χ3n) is 6.30. The first-order valence-corrected chi connectivity index (χ1v) is 11.9. The quantitative estimate of drug-likeness (QED) is 0.410. The molecule has 0 radical (unpaired) electrons. The zero-order valence-corrected chi connectivity index (χ0v) is 19.2. The Morgan fingerprint density at radius 3 is 2.76 bits per heavy atom. The second-order valence-corrected chi connectivity index (χ2v) is 9.24. The Labute approximate surface area is 196 Å². The van der Waals surface area contributed by atoms with E-state index in [0.717, 1.165) is 30.6 Å². The van der Waals surface area contributed by atoms with Crippen molar-refractivity contribution in [3.8, 4) is 5.75 Å². The Bertz CT molecular complexity index is 1260. The number of para-hydroxylation sites is 2. The molecule has 7 heteroatoms. The number of furan rings is 1. The predicted molar refractivity (Wildman–Crippen MR) is 130 cm³/mol. The summed E-state index contributed by atoms with van der Waals surface area (Å²) in [4.78, 5) is 15.1. The van der Waals surface area contributed by atoms with Crippen LogP contribution in [-0.4, -0.2) is 36.1 Å². The molecular weight excluding hydrogens is 436 g/mol. The van der Waals surface area contributed by atoms with Crippen molar-refractivity contribution in [3.05, 3.63) is 82.2 Å². The van der Waals surface area contributed by atoms with Gasteiger partial charge in [0.2, 0.25) is 0 Å². The van der Waals surface area contributed by atoms with Gasteiger partial charge in [-0.1, -0.05) is 18.2 Å². The summed E-state index contributed by atoms with van der Waals surface area (Å²) in [5.74, 6) is 0.445. The number of hydrogen-bond donors (Lipinski definition) is 2. The maximum atomic E-state index is 12.8. The van der Waals surface area contributed by atoms with Crippen LogP contribution in [0, 0.1) is 0 Å². The second-order valence-electron chi connectivity index (χ2n) is 8.46. The van der Waals surface area contributed by atoms with Gasteiger partial charge in [0.25, 0.3) is 5.91 Å². The molecule has 0 spiro atoms. The number of amides is 1. The highest BCUT2D eigenvalue weighted by Crippen LogP contribution is 2.35. The topological polar surface area (TPSA) is 74.9 Å². The van der Waals surface area contributed by atoms with Crippen molar-refractivity contribution < 1.29 is 19.1 Å². The number of methoxy groups -OCH3 is 1. The first-order chi connectivity index (χ1) is 16.0. The summed E-state index contributed by atoms with van der Waals surface area (Å²) in [7, 11) is 1.56. The highest BCUT2D eigenvalue weighted by molar-refractivity contribution is 7.07. The lowest BCUT2D eigenvalue weighted by atomic mass is 9.84. The van der Waals surface area contributed by atoms with Crippen LogP contribution in [0.2, 0.25) is 0 Å². The zero-order chi connectivity index (χ0) is 22.8. The molecule has 0 bridgehead atoms. The summed E-state index contributed by atoms with van der Waals surface area (Å²) in [5.41, 5.74) is 2.50. The van der Waals surface area contributed by atoms with Gasteiger partial charge in [0, 0.05) is 25.0 Å². The highest BCUT2D eigenvalue weighted by atomic mass is 32.1. The molecule has 2 aromatic carbocycles. The van der Waals surface area contributed by atoms with E-state index >= 15 is 0 Å². The summed E-state index contributed by atoms with van der Waals surface area (Å²) in [6, 6.07) is 16.8. The molecule has 0 aliphatic carbocycles. The van der Waals surface area contributed by atoms with Gasteiger partial charge in [-0.25, -0.2) is 0 Å². The van der Waals surface area contributed by atoms with Gasteiger partial charge in [-0.15, -0.1) is 0 Å². The number of carbonyl (C=O) groups excluding carboxylic acids is 1. The van der Waals surface area contributed by atoms with Crippen molar-refractivity contribution in [1.29, 1.82) is 0 Å². The number of aliphatic hydroxyl groups is 1. The molecule has 1 aliphatic rings. The molecule has 170 valence electrons. The van der Waals surface area contributed by atoms with E-state index in [-0.39, 0.29) is 11.7 Å². The van der Waals surface area contributed by atoms with Crippen LogP contribution in [0.4, 0.5) is 5.69 Å². The Morgan fingerprint density at radius 2 is 2.00 bits per heavy atom. The summed E-state index contributed by atoms with van der Waals surface area (Å²) in [6.45, 7) is 2.59. The van der Waals surface area contributed by atoms with Crippen molar-refractivity contribution in [2.75, 3.05) is 25.5 Å². The number of nitrogens with one attached hydrogen (secondary N) is 1. The average molecular weight is 463 g/mol. The smallest absolute Gasteiger partial charge is 0.291 e. The van der Waals surface area contributed by atoms with E-state index in [1.165, 1.54) is 5.56 Å². The van der Waals surface area contributed by atoms with Crippen molar-refractivity contribution in [1.82, 2.24) is 4.90 Å². The van der Waals surface area contributed by atoms with Gasteiger partial charge in [-0.2, -0.15) is 11.3 Å². The molecule has 2 aromatic heterocycles. The predicted octanol–water partition coefficient (Wildman–Crippen LogP) is 5.24. The normalized spacial score (nSPS) is 16.1. The van der Waals surface area contributed by atoms with Gasteiger partial charge in [-0.3, -0.25) is 9.69 Å². The largest absolute Gasteiger partial charge is 0.495 e. The molecule has 0 saturated carbocycles. The number of rotatable bonds is 6. The van der Waals surface area contributed by atoms with Crippen molar-refractivity contribution in [2.24, 2.45) is 0 Å². The molecule has 2 N–H and O–H groups in total. The van der Waals surface area contributed by atoms with Crippen LogP contribution < -0.4 is 10.1 Å². The van der Waals surface area contributed by atoms with Crippen LogP contribution in [0.3, 0.4) is 0 Å². The number of nitrogens with zero attached hydrogens (tertiary/aromatic N) is 1. The summed E-state index contributed by atoms with van der Waals surface area (Å²) < 4.78 is 11.1. The average Bonchev–Trinajstić information content (AvgIpc) is 3.50. The second kappa shape index (κ2) is 9.02. The van der Waals surface area contributed by atoms with Crippen LogP contribution in [0.15, 0.2) is 69.8 Å². The van der Waals surface area contributed by atoms with Gasteiger partial charge in [0.1, 0.15) is 11.3 Å². The molecule has 0 atom stereocenters. The number of likely N-dealkylation sites (tertiary alicyclic amines) is 1. The maximum absolute atomic E-state index is 12.8. The first kappa shape index (κ1) is 21.7.